The number of ketones is 1. The monoisotopic (exact) mass is 586 g/mol. The Kier molecular flexibility index (Phi) is 25.2. The Morgan fingerprint density at radius 3 is 1.17 bits per heavy atom. The summed E-state index contributed by atoms with van der Waals surface area (Å²) in [6.45, 7) is 2.27. The van der Waals surface area contributed by atoms with Gasteiger partial charge in [-0.25, -0.2) is 0 Å². The molecule has 4 nitrogen and oxygen atoms in total. The van der Waals surface area contributed by atoms with Crippen molar-refractivity contribution in [3.8, 4) is 17.2 Å². The molecule has 0 fully saturated rings. The molecule has 0 aliphatic heterocycles. The zero-order chi connectivity index (χ0) is 30.5. The first-order chi connectivity index (χ1) is 20.6. The van der Waals surface area contributed by atoms with E-state index in [4.69, 9.17) is 0 Å². The van der Waals surface area contributed by atoms with Gasteiger partial charge in [0.2, 0.25) is 0 Å². The third-order valence-electron chi connectivity index (χ3n) is 8.53. The second-order valence-electron chi connectivity index (χ2n) is 12.6. The minimum absolute atomic E-state index is 0.0772. The van der Waals surface area contributed by atoms with Crippen molar-refractivity contribution in [1.29, 1.82) is 0 Å². The number of hydrogen-bond acceptors (Lipinski definition) is 4. The van der Waals surface area contributed by atoms with Crippen LogP contribution in [0.5, 0.6) is 17.2 Å². The number of allylic oxidation sites excluding steroid dienone is 2. The van der Waals surface area contributed by atoms with Crippen LogP contribution in [0.2, 0.25) is 0 Å². The fraction of sp³-hybridized carbons (Fsp3) is 0.763. The molecule has 1 rings (SSSR count). The molecule has 0 saturated heterocycles. The van der Waals surface area contributed by atoms with Crippen LogP contribution in [0.3, 0.4) is 0 Å². The van der Waals surface area contributed by atoms with Crippen LogP contribution in [-0.4, -0.2) is 21.1 Å². The fourth-order valence-corrected chi connectivity index (χ4v) is 5.84. The van der Waals surface area contributed by atoms with E-state index in [2.05, 4.69) is 19.1 Å². The predicted molar refractivity (Wildman–Crippen MR) is 180 cm³/mol. The molecule has 42 heavy (non-hydrogen) atoms. The van der Waals surface area contributed by atoms with Crippen molar-refractivity contribution in [2.45, 2.75) is 187 Å². The van der Waals surface area contributed by atoms with Crippen molar-refractivity contribution >= 4 is 5.78 Å². The number of hydrogen-bond donors (Lipinski definition) is 3. The van der Waals surface area contributed by atoms with Crippen LogP contribution in [0.15, 0.2) is 24.3 Å². The van der Waals surface area contributed by atoms with Crippen LogP contribution < -0.4 is 0 Å². The van der Waals surface area contributed by atoms with Gasteiger partial charge in [-0.3, -0.25) is 4.79 Å². The SMILES string of the molecule is CCCCCC=CCCCCCCCCCCCCCCCCCCCCCCCCC(=O)c1c(O)cc(O)cc1O. The van der Waals surface area contributed by atoms with Gasteiger partial charge in [0.05, 0.1) is 0 Å². The molecule has 0 aromatic heterocycles. The lowest BCUT2D eigenvalue weighted by Crippen LogP contribution is -2.00. The molecule has 3 N–H and O–H groups in total. The quantitative estimate of drug-likeness (QED) is 0.0476. The van der Waals surface area contributed by atoms with Crippen molar-refractivity contribution in [2.75, 3.05) is 0 Å². The van der Waals surface area contributed by atoms with Crippen molar-refractivity contribution in [3.05, 3.63) is 29.8 Å². The van der Waals surface area contributed by atoms with Crippen LogP contribution in [-0.2, 0) is 0 Å². The molecule has 242 valence electrons. The van der Waals surface area contributed by atoms with E-state index in [0.29, 0.717) is 6.42 Å². The summed E-state index contributed by atoms with van der Waals surface area (Å²) in [5.74, 6) is -1.23. The summed E-state index contributed by atoms with van der Waals surface area (Å²) >= 11 is 0. The second-order valence-corrected chi connectivity index (χ2v) is 12.6. The summed E-state index contributed by atoms with van der Waals surface area (Å²) in [6.07, 6.45) is 41.0. The third kappa shape index (κ3) is 21.7. The number of aromatic hydroxyl groups is 3. The van der Waals surface area contributed by atoms with Gasteiger partial charge in [-0.1, -0.05) is 160 Å². The zero-order valence-corrected chi connectivity index (χ0v) is 27.4. The molecule has 1 aromatic carbocycles. The maximum atomic E-state index is 12.2. The Bertz CT molecular complexity index is 777. The normalized spacial score (nSPS) is 11.5. The lowest BCUT2D eigenvalue weighted by Gasteiger charge is -2.07. The van der Waals surface area contributed by atoms with E-state index in [0.717, 1.165) is 31.4 Å². The summed E-state index contributed by atoms with van der Waals surface area (Å²) < 4.78 is 0. The van der Waals surface area contributed by atoms with E-state index in [1.165, 1.54) is 154 Å². The summed E-state index contributed by atoms with van der Waals surface area (Å²) in [5.41, 5.74) is -0.0772. The molecule has 0 saturated carbocycles. The number of carbonyl (C=O) groups is 1. The molecule has 0 aliphatic rings. The minimum atomic E-state index is -0.355. The molecule has 0 amide bonds. The topological polar surface area (TPSA) is 77.8 Å². The average Bonchev–Trinajstić information content (AvgIpc) is 2.95. The number of phenols is 3. The van der Waals surface area contributed by atoms with Crippen molar-refractivity contribution in [3.63, 3.8) is 0 Å². The standard InChI is InChI=1S/C38H66O4/c1-2-3-4-5-6-7-8-9-10-11-12-13-14-15-16-17-18-19-20-21-22-23-24-25-26-27-28-29-30-31-35(40)38-36(41)32-34(39)33-37(38)42/h6-7,32-33,39,41-42H,2-5,8-31H2,1H3. The summed E-state index contributed by atoms with van der Waals surface area (Å²) in [4.78, 5) is 12.2. The van der Waals surface area contributed by atoms with Crippen molar-refractivity contribution in [2.24, 2.45) is 0 Å². The second kappa shape index (κ2) is 27.8. The number of phenolic OH excluding ortho intramolecular Hbond substituents is 3. The van der Waals surface area contributed by atoms with Gasteiger partial charge in [-0.15, -0.1) is 0 Å². The van der Waals surface area contributed by atoms with Gasteiger partial charge in [-0.2, -0.15) is 0 Å². The molecular weight excluding hydrogens is 520 g/mol. The lowest BCUT2D eigenvalue weighted by molar-refractivity contribution is 0.0973. The van der Waals surface area contributed by atoms with Gasteiger partial charge < -0.3 is 15.3 Å². The zero-order valence-electron chi connectivity index (χ0n) is 27.4. The summed E-state index contributed by atoms with van der Waals surface area (Å²) in [7, 11) is 0. The van der Waals surface area contributed by atoms with Crippen LogP contribution >= 0.6 is 0 Å². The Morgan fingerprint density at radius 1 is 0.500 bits per heavy atom. The van der Waals surface area contributed by atoms with Gasteiger partial charge in [0.25, 0.3) is 0 Å². The van der Waals surface area contributed by atoms with E-state index >= 15 is 0 Å². The van der Waals surface area contributed by atoms with Crippen LogP contribution in [0.25, 0.3) is 0 Å². The molecule has 0 spiro atoms. The highest BCUT2D eigenvalue weighted by atomic mass is 16.3. The van der Waals surface area contributed by atoms with Crippen LogP contribution in [0, 0.1) is 0 Å². The highest BCUT2D eigenvalue weighted by Gasteiger charge is 2.17. The molecule has 0 radical (unpaired) electrons. The molecule has 0 unspecified atom stereocenters. The Hall–Kier alpha value is -1.97. The molecule has 0 atom stereocenters. The number of carbonyl (C=O) groups excluding carboxylic acids is 1. The van der Waals surface area contributed by atoms with Crippen molar-refractivity contribution < 1.29 is 20.1 Å². The van der Waals surface area contributed by atoms with E-state index in [-0.39, 0.29) is 28.6 Å². The van der Waals surface area contributed by atoms with Gasteiger partial charge in [-0.05, 0) is 32.1 Å². The van der Waals surface area contributed by atoms with Gasteiger partial charge in [0, 0.05) is 18.6 Å². The van der Waals surface area contributed by atoms with Gasteiger partial charge in [0.1, 0.15) is 22.8 Å². The number of rotatable bonds is 30. The predicted octanol–water partition coefficient (Wildman–Crippen LogP) is 12.5. The maximum Gasteiger partial charge on any atom is 0.170 e. The van der Waals surface area contributed by atoms with E-state index < -0.39 is 0 Å². The number of Topliss-reactive ketones (excluding diaryl/α,β-unsaturated/α-hetero) is 1. The van der Waals surface area contributed by atoms with Crippen LogP contribution in [0.1, 0.15) is 197 Å². The molecule has 1 aromatic rings. The van der Waals surface area contributed by atoms with E-state index in [9.17, 15) is 20.1 Å². The van der Waals surface area contributed by atoms with Crippen molar-refractivity contribution in [1.82, 2.24) is 0 Å². The first-order valence-electron chi connectivity index (χ1n) is 18.0. The molecule has 0 aliphatic carbocycles. The van der Waals surface area contributed by atoms with Crippen LogP contribution in [0.4, 0.5) is 0 Å². The van der Waals surface area contributed by atoms with E-state index in [1.54, 1.807) is 0 Å². The number of unbranched alkanes of at least 4 members (excludes halogenated alkanes) is 25. The maximum absolute atomic E-state index is 12.2. The largest absolute Gasteiger partial charge is 0.508 e. The molecule has 0 bridgehead atoms. The average molecular weight is 587 g/mol. The smallest absolute Gasteiger partial charge is 0.170 e. The highest BCUT2D eigenvalue weighted by Crippen LogP contribution is 2.33. The first kappa shape index (κ1) is 38.1. The minimum Gasteiger partial charge on any atom is -0.508 e. The van der Waals surface area contributed by atoms with Gasteiger partial charge in [0.15, 0.2) is 5.78 Å². The Morgan fingerprint density at radius 2 is 0.810 bits per heavy atom. The highest BCUT2D eigenvalue weighted by molar-refractivity contribution is 6.01. The molecular formula is C38H66O4. The first-order valence-corrected chi connectivity index (χ1v) is 18.0. The molecule has 4 heteroatoms. The lowest BCUT2D eigenvalue weighted by atomic mass is 10.0. The third-order valence-corrected chi connectivity index (χ3v) is 8.53. The number of benzene rings is 1. The van der Waals surface area contributed by atoms with E-state index in [1.807, 2.05) is 0 Å². The Balaban J connectivity index is 1.74. The summed E-state index contributed by atoms with van der Waals surface area (Å²) in [5, 5.41) is 29.0. The summed E-state index contributed by atoms with van der Waals surface area (Å²) in [6, 6.07) is 2.18. The van der Waals surface area contributed by atoms with Gasteiger partial charge >= 0.3 is 0 Å². The fourth-order valence-electron chi connectivity index (χ4n) is 5.84. The molecule has 0 heterocycles. The Labute approximate surface area is 259 Å².